The number of hydrogen-bond acceptors (Lipinski definition) is 1. The van der Waals surface area contributed by atoms with Crippen molar-refractivity contribution in [1.29, 1.82) is 0 Å². The molecule has 0 heterocycles. The van der Waals surface area contributed by atoms with E-state index in [1.807, 2.05) is 0 Å². The second kappa shape index (κ2) is 6.75. The Morgan fingerprint density at radius 3 is 1.47 bits per heavy atom. The largest absolute Gasteiger partial charge is 0.302 e. The molecule has 0 saturated heterocycles. The van der Waals surface area contributed by atoms with Crippen molar-refractivity contribution in [2.45, 2.75) is 78.9 Å². The Kier molecular flexibility index (Phi) is 6.55. The first-order valence-electron chi connectivity index (χ1n) is 7.48. The first kappa shape index (κ1) is 18.4. The van der Waals surface area contributed by atoms with Crippen LogP contribution in [0.5, 0.6) is 0 Å². The van der Waals surface area contributed by atoms with Crippen molar-refractivity contribution in [3.05, 3.63) is 0 Å². The number of carbonyl (C=O) groups excluding carboxylic acids is 1. The van der Waals surface area contributed by atoms with Gasteiger partial charge in [0.25, 0.3) is 0 Å². The normalized spacial score (nSPS) is 14.5. The summed E-state index contributed by atoms with van der Waals surface area (Å²) in [6, 6.07) is 0. The highest BCUT2D eigenvalue weighted by Crippen LogP contribution is 2.41. The third-order valence-electron chi connectivity index (χ3n) is 4.38. The van der Waals surface area contributed by atoms with E-state index < -0.39 is 8.07 Å². The van der Waals surface area contributed by atoms with Gasteiger partial charge in [0.05, 0.1) is 5.92 Å². The van der Waals surface area contributed by atoms with Crippen molar-refractivity contribution in [1.82, 2.24) is 0 Å². The van der Waals surface area contributed by atoms with Crippen LogP contribution in [-0.2, 0) is 4.79 Å². The Morgan fingerprint density at radius 2 is 1.26 bits per heavy atom. The van der Waals surface area contributed by atoms with Crippen LogP contribution >= 0.6 is 0 Å². The summed E-state index contributed by atoms with van der Waals surface area (Å²) in [5.74, 6) is 3.18. The van der Waals surface area contributed by atoms with E-state index in [4.69, 9.17) is 0 Å². The lowest BCUT2D eigenvalue weighted by Crippen LogP contribution is -2.43. The monoisotopic (exact) mass is 280 g/mol. The molecule has 0 N–H and O–H groups in total. The van der Waals surface area contributed by atoms with E-state index in [-0.39, 0.29) is 11.3 Å². The topological polar surface area (TPSA) is 17.1 Å². The minimum atomic E-state index is -1.71. The van der Waals surface area contributed by atoms with Crippen molar-refractivity contribution in [2.24, 2.45) is 11.3 Å². The van der Waals surface area contributed by atoms with Gasteiger partial charge in [-0.05, 0) is 22.0 Å². The summed E-state index contributed by atoms with van der Waals surface area (Å²) in [7, 11) is -1.71. The van der Waals surface area contributed by atoms with E-state index in [1.54, 1.807) is 0 Å². The maximum atomic E-state index is 11.3. The molecule has 0 amide bonds. The fourth-order valence-corrected chi connectivity index (χ4v) is 8.36. The molecule has 0 fully saturated rings. The van der Waals surface area contributed by atoms with Crippen LogP contribution in [0.4, 0.5) is 0 Å². The lowest BCUT2D eigenvalue weighted by molar-refractivity contribution is -0.111. The smallest absolute Gasteiger partial charge is 0.145 e. The van der Waals surface area contributed by atoms with Crippen LogP contribution in [0.2, 0.25) is 16.6 Å². The van der Waals surface area contributed by atoms with Gasteiger partial charge in [0, 0.05) is 0 Å². The number of rotatable bonds is 4. The second-order valence-corrected chi connectivity index (χ2v) is 13.2. The Hall–Kier alpha value is -0.553. The summed E-state index contributed by atoms with van der Waals surface area (Å²) >= 11 is 0. The van der Waals surface area contributed by atoms with Gasteiger partial charge in [0.2, 0.25) is 0 Å². The molecular formula is C17H32OSi. The standard InChI is InChI=1S/C17H32OSi/c1-13(2)19(14(3)4,15(5)6)11-10-16(12-18)17(7,8)9/h12-16H,1-9H3. The molecular weight excluding hydrogens is 248 g/mol. The predicted molar refractivity (Wildman–Crippen MR) is 87.8 cm³/mol. The Morgan fingerprint density at radius 1 is 0.895 bits per heavy atom. The molecule has 0 aromatic heterocycles. The van der Waals surface area contributed by atoms with Gasteiger partial charge in [-0.25, -0.2) is 0 Å². The van der Waals surface area contributed by atoms with Gasteiger partial charge in [0.15, 0.2) is 0 Å². The average Bonchev–Trinajstić information content (AvgIpc) is 2.20. The van der Waals surface area contributed by atoms with Gasteiger partial charge < -0.3 is 4.79 Å². The maximum absolute atomic E-state index is 11.3. The summed E-state index contributed by atoms with van der Waals surface area (Å²) in [4.78, 5) is 11.3. The minimum absolute atomic E-state index is 0.0696. The highest BCUT2D eigenvalue weighted by Gasteiger charge is 2.42. The zero-order valence-electron chi connectivity index (χ0n) is 14.3. The molecule has 1 atom stereocenters. The van der Waals surface area contributed by atoms with Gasteiger partial charge in [-0.3, -0.25) is 0 Å². The molecule has 0 aromatic rings. The van der Waals surface area contributed by atoms with Gasteiger partial charge in [-0.15, -0.1) is 5.54 Å². The number of aldehydes is 1. The highest BCUT2D eigenvalue weighted by molar-refractivity contribution is 6.90. The molecule has 2 heteroatoms. The molecule has 0 bridgehead atoms. The van der Waals surface area contributed by atoms with Crippen LogP contribution in [0.15, 0.2) is 0 Å². The van der Waals surface area contributed by atoms with Crippen LogP contribution in [-0.4, -0.2) is 14.4 Å². The van der Waals surface area contributed by atoms with Crippen molar-refractivity contribution < 1.29 is 4.79 Å². The quantitative estimate of drug-likeness (QED) is 0.399. The summed E-state index contributed by atoms with van der Waals surface area (Å²) in [6.07, 6.45) is 1.02. The van der Waals surface area contributed by atoms with Gasteiger partial charge >= 0.3 is 0 Å². The van der Waals surface area contributed by atoms with Crippen LogP contribution in [0.25, 0.3) is 0 Å². The fourth-order valence-electron chi connectivity index (χ4n) is 3.09. The molecule has 0 aliphatic rings. The molecule has 1 nitrogen and oxygen atoms in total. The molecule has 0 aliphatic carbocycles. The summed E-state index contributed by atoms with van der Waals surface area (Å²) in [5.41, 5.74) is 5.43. The Bertz CT molecular complexity index is 328. The zero-order chi connectivity index (χ0) is 15.4. The second-order valence-electron chi connectivity index (χ2n) is 7.65. The van der Waals surface area contributed by atoms with Crippen LogP contribution in [0.3, 0.4) is 0 Å². The van der Waals surface area contributed by atoms with E-state index in [1.165, 1.54) is 0 Å². The molecule has 110 valence electrons. The van der Waals surface area contributed by atoms with Crippen LogP contribution in [0, 0.1) is 22.8 Å². The van der Waals surface area contributed by atoms with Gasteiger partial charge in [-0.2, -0.15) is 0 Å². The number of carbonyl (C=O) groups is 1. The van der Waals surface area contributed by atoms with E-state index in [0.717, 1.165) is 6.29 Å². The summed E-state index contributed by atoms with van der Waals surface area (Å²) < 4.78 is 0. The fraction of sp³-hybridized carbons (Fsp3) is 0.824. The first-order valence-corrected chi connectivity index (χ1v) is 9.71. The molecule has 19 heavy (non-hydrogen) atoms. The summed E-state index contributed by atoms with van der Waals surface area (Å²) in [6.45, 7) is 20.1. The third kappa shape index (κ3) is 4.21. The van der Waals surface area contributed by atoms with Crippen LogP contribution < -0.4 is 0 Å². The lowest BCUT2D eigenvalue weighted by atomic mass is 9.82. The number of hydrogen-bond donors (Lipinski definition) is 0. The van der Waals surface area contributed by atoms with Gasteiger partial charge in [0.1, 0.15) is 14.4 Å². The highest BCUT2D eigenvalue weighted by atomic mass is 28.3. The van der Waals surface area contributed by atoms with Crippen molar-refractivity contribution >= 4 is 14.4 Å². The molecule has 0 saturated carbocycles. The molecule has 0 aliphatic heterocycles. The molecule has 0 rings (SSSR count). The van der Waals surface area contributed by atoms with E-state index in [9.17, 15) is 4.79 Å². The predicted octanol–water partition coefficient (Wildman–Crippen LogP) is 5.07. The maximum Gasteiger partial charge on any atom is 0.145 e. The van der Waals surface area contributed by atoms with Crippen molar-refractivity contribution in [2.75, 3.05) is 0 Å². The molecule has 1 unspecified atom stereocenters. The average molecular weight is 281 g/mol. The molecule has 0 aromatic carbocycles. The van der Waals surface area contributed by atoms with Gasteiger partial charge in [-0.1, -0.05) is 68.2 Å². The zero-order valence-corrected chi connectivity index (χ0v) is 15.3. The van der Waals surface area contributed by atoms with Crippen LogP contribution in [0.1, 0.15) is 62.3 Å². The SMILES string of the molecule is CC(C)[Si](C#CC(C=O)C(C)(C)C)(C(C)C)C(C)C. The van der Waals surface area contributed by atoms with E-state index in [0.29, 0.717) is 16.6 Å². The van der Waals surface area contributed by atoms with Crippen molar-refractivity contribution in [3.63, 3.8) is 0 Å². The lowest BCUT2D eigenvalue weighted by Gasteiger charge is -2.38. The van der Waals surface area contributed by atoms with E-state index >= 15 is 0 Å². The molecule has 0 radical (unpaired) electrons. The van der Waals surface area contributed by atoms with Crippen molar-refractivity contribution in [3.8, 4) is 11.5 Å². The third-order valence-corrected chi connectivity index (χ3v) is 10.7. The van der Waals surface area contributed by atoms with E-state index in [2.05, 4.69) is 73.8 Å². The molecule has 0 spiro atoms. The Labute approximate surface area is 121 Å². The minimum Gasteiger partial charge on any atom is -0.302 e. The first-order chi connectivity index (χ1) is 8.50. The summed E-state index contributed by atoms with van der Waals surface area (Å²) in [5, 5.41) is 0. The Balaban J connectivity index is 5.66.